The van der Waals surface area contributed by atoms with Gasteiger partial charge in [0, 0.05) is 18.7 Å². The Labute approximate surface area is 96.3 Å². The number of nitrogens with two attached hydrogens (primary N) is 1. The fourth-order valence-corrected chi connectivity index (χ4v) is 1.24. The van der Waals surface area contributed by atoms with Crippen LogP contribution in [0.3, 0.4) is 0 Å². The molecule has 88 valence electrons. The highest BCUT2D eigenvalue weighted by Crippen LogP contribution is 2.12. The first kappa shape index (κ1) is 12.5. The van der Waals surface area contributed by atoms with Gasteiger partial charge in [-0.3, -0.25) is 5.41 Å². The van der Waals surface area contributed by atoms with Crippen LogP contribution in [0.25, 0.3) is 0 Å². The molecule has 0 atom stereocenters. The van der Waals surface area contributed by atoms with Crippen LogP contribution in [0.2, 0.25) is 0 Å². The van der Waals surface area contributed by atoms with Crippen molar-refractivity contribution in [2.45, 2.75) is 13.3 Å². The molecule has 1 rings (SSSR count). The lowest BCUT2D eigenvalue weighted by Gasteiger charge is -2.08. The summed E-state index contributed by atoms with van der Waals surface area (Å²) in [5, 5.41) is 10.7. The number of rotatable bonds is 6. The van der Waals surface area contributed by atoms with E-state index in [1.165, 1.54) is 0 Å². The third-order valence-corrected chi connectivity index (χ3v) is 2.06. The largest absolute Gasteiger partial charge is 0.494 e. The van der Waals surface area contributed by atoms with Gasteiger partial charge in [0.15, 0.2) is 0 Å². The molecule has 16 heavy (non-hydrogen) atoms. The lowest BCUT2D eigenvalue weighted by Crippen LogP contribution is -2.28. The Kier molecular flexibility index (Phi) is 5.36. The third-order valence-electron chi connectivity index (χ3n) is 2.06. The molecule has 0 aromatic heterocycles. The van der Waals surface area contributed by atoms with E-state index in [1.54, 1.807) is 0 Å². The summed E-state index contributed by atoms with van der Waals surface area (Å²) >= 11 is 0. The molecule has 0 bridgehead atoms. The summed E-state index contributed by atoms with van der Waals surface area (Å²) in [5.74, 6) is 1.24. The fourth-order valence-electron chi connectivity index (χ4n) is 1.24. The lowest BCUT2D eigenvalue weighted by atomic mass is 10.2. The quantitative estimate of drug-likeness (QED) is 0.501. The SMILES string of the molecule is CCCOc1ccc(C(=N)NCCN)cc1. The van der Waals surface area contributed by atoms with Crippen LogP contribution in [0.5, 0.6) is 5.75 Å². The van der Waals surface area contributed by atoms with E-state index >= 15 is 0 Å². The van der Waals surface area contributed by atoms with Crippen LogP contribution in [0.4, 0.5) is 0 Å². The molecule has 0 unspecified atom stereocenters. The normalized spacial score (nSPS) is 9.88. The van der Waals surface area contributed by atoms with Crippen molar-refractivity contribution in [1.82, 2.24) is 5.32 Å². The number of amidine groups is 1. The highest BCUT2D eigenvalue weighted by atomic mass is 16.5. The molecule has 1 aromatic carbocycles. The van der Waals surface area contributed by atoms with Crippen LogP contribution < -0.4 is 15.8 Å². The summed E-state index contributed by atoms with van der Waals surface area (Å²) in [6.45, 7) is 3.94. The predicted octanol–water partition coefficient (Wildman–Crippen LogP) is 1.35. The van der Waals surface area contributed by atoms with Crippen LogP contribution in [0.15, 0.2) is 24.3 Å². The van der Waals surface area contributed by atoms with E-state index < -0.39 is 0 Å². The summed E-state index contributed by atoms with van der Waals surface area (Å²) in [5.41, 5.74) is 6.20. The molecule has 1 aromatic rings. The second-order valence-electron chi connectivity index (χ2n) is 3.46. The average molecular weight is 221 g/mol. The molecular formula is C12H19N3O. The third kappa shape index (κ3) is 3.90. The van der Waals surface area contributed by atoms with Gasteiger partial charge in [-0.1, -0.05) is 6.92 Å². The van der Waals surface area contributed by atoms with Crippen molar-refractivity contribution in [3.63, 3.8) is 0 Å². The Balaban J connectivity index is 2.53. The predicted molar refractivity (Wildman–Crippen MR) is 66.1 cm³/mol. The molecule has 0 amide bonds. The Morgan fingerprint density at radius 2 is 2.06 bits per heavy atom. The van der Waals surface area contributed by atoms with Crippen LogP contribution in [-0.4, -0.2) is 25.5 Å². The van der Waals surface area contributed by atoms with Crippen molar-refractivity contribution in [2.75, 3.05) is 19.7 Å². The van der Waals surface area contributed by atoms with E-state index in [0.29, 0.717) is 18.9 Å². The van der Waals surface area contributed by atoms with Crippen molar-refractivity contribution in [1.29, 1.82) is 5.41 Å². The van der Waals surface area contributed by atoms with Crippen molar-refractivity contribution in [3.8, 4) is 5.75 Å². The van der Waals surface area contributed by atoms with Gasteiger partial charge in [0.25, 0.3) is 0 Å². The molecule has 0 saturated heterocycles. The van der Waals surface area contributed by atoms with Crippen LogP contribution in [0, 0.1) is 5.41 Å². The molecule has 0 aliphatic carbocycles. The van der Waals surface area contributed by atoms with E-state index in [1.807, 2.05) is 24.3 Å². The summed E-state index contributed by atoms with van der Waals surface area (Å²) in [4.78, 5) is 0. The Morgan fingerprint density at radius 1 is 1.38 bits per heavy atom. The monoisotopic (exact) mass is 221 g/mol. The standard InChI is InChI=1S/C12H19N3O/c1-2-9-16-11-5-3-10(4-6-11)12(14)15-8-7-13/h3-6H,2,7-9,13H2,1H3,(H2,14,15). The summed E-state index contributed by atoms with van der Waals surface area (Å²) < 4.78 is 5.46. The van der Waals surface area contributed by atoms with Gasteiger partial charge in [0.05, 0.1) is 6.61 Å². The van der Waals surface area contributed by atoms with Gasteiger partial charge in [-0.05, 0) is 30.7 Å². The minimum atomic E-state index is 0.396. The second-order valence-corrected chi connectivity index (χ2v) is 3.46. The minimum absolute atomic E-state index is 0.396. The number of ether oxygens (including phenoxy) is 1. The van der Waals surface area contributed by atoms with E-state index in [9.17, 15) is 0 Å². The summed E-state index contributed by atoms with van der Waals surface area (Å²) in [6.07, 6.45) is 0.996. The van der Waals surface area contributed by atoms with Crippen LogP contribution >= 0.6 is 0 Å². The lowest BCUT2D eigenvalue weighted by molar-refractivity contribution is 0.317. The molecule has 0 saturated carbocycles. The smallest absolute Gasteiger partial charge is 0.125 e. The maximum Gasteiger partial charge on any atom is 0.125 e. The molecule has 0 aliphatic heterocycles. The highest BCUT2D eigenvalue weighted by molar-refractivity contribution is 5.96. The van der Waals surface area contributed by atoms with Crippen LogP contribution in [0.1, 0.15) is 18.9 Å². The van der Waals surface area contributed by atoms with Crippen molar-refractivity contribution >= 4 is 5.84 Å². The summed E-state index contributed by atoms with van der Waals surface area (Å²) in [7, 11) is 0. The number of nitrogens with one attached hydrogen (secondary N) is 2. The first-order valence-electron chi connectivity index (χ1n) is 5.53. The second kappa shape index (κ2) is 6.85. The zero-order chi connectivity index (χ0) is 11.8. The van der Waals surface area contributed by atoms with Gasteiger partial charge >= 0.3 is 0 Å². The zero-order valence-corrected chi connectivity index (χ0v) is 9.62. The average Bonchev–Trinajstić information content (AvgIpc) is 2.34. The molecule has 0 heterocycles. The Bertz CT molecular complexity index is 322. The van der Waals surface area contributed by atoms with Crippen molar-refractivity contribution < 1.29 is 4.74 Å². The molecule has 0 aliphatic rings. The van der Waals surface area contributed by atoms with E-state index in [4.69, 9.17) is 15.9 Å². The number of benzene rings is 1. The number of hydrogen-bond donors (Lipinski definition) is 3. The van der Waals surface area contributed by atoms with Gasteiger partial charge in [-0.15, -0.1) is 0 Å². The van der Waals surface area contributed by atoms with Gasteiger partial charge in [0.2, 0.25) is 0 Å². The molecule has 4 heteroatoms. The highest BCUT2D eigenvalue weighted by Gasteiger charge is 2.00. The molecule has 4 N–H and O–H groups in total. The Morgan fingerprint density at radius 3 is 2.62 bits per heavy atom. The molecular weight excluding hydrogens is 202 g/mol. The maximum absolute atomic E-state index is 7.73. The summed E-state index contributed by atoms with van der Waals surface area (Å²) in [6, 6.07) is 7.50. The topological polar surface area (TPSA) is 71.1 Å². The van der Waals surface area contributed by atoms with Gasteiger partial charge < -0.3 is 15.8 Å². The van der Waals surface area contributed by atoms with E-state index in [-0.39, 0.29) is 0 Å². The van der Waals surface area contributed by atoms with Gasteiger partial charge in [-0.2, -0.15) is 0 Å². The van der Waals surface area contributed by atoms with Crippen molar-refractivity contribution in [3.05, 3.63) is 29.8 Å². The molecule has 4 nitrogen and oxygen atoms in total. The van der Waals surface area contributed by atoms with Gasteiger partial charge in [-0.25, -0.2) is 0 Å². The first-order valence-corrected chi connectivity index (χ1v) is 5.53. The van der Waals surface area contributed by atoms with Gasteiger partial charge in [0.1, 0.15) is 11.6 Å². The number of hydrogen-bond acceptors (Lipinski definition) is 3. The molecule has 0 radical (unpaired) electrons. The molecule has 0 fully saturated rings. The van der Waals surface area contributed by atoms with Crippen molar-refractivity contribution in [2.24, 2.45) is 5.73 Å². The zero-order valence-electron chi connectivity index (χ0n) is 9.62. The van der Waals surface area contributed by atoms with E-state index in [0.717, 1.165) is 24.3 Å². The first-order chi connectivity index (χ1) is 7.77. The Hall–Kier alpha value is -1.55. The maximum atomic E-state index is 7.73. The fraction of sp³-hybridized carbons (Fsp3) is 0.417. The molecule has 0 spiro atoms. The van der Waals surface area contributed by atoms with E-state index in [2.05, 4.69) is 12.2 Å². The van der Waals surface area contributed by atoms with Crippen LogP contribution in [-0.2, 0) is 0 Å². The minimum Gasteiger partial charge on any atom is -0.494 e.